The molecule has 1 rings (SSSR count). The van der Waals surface area contributed by atoms with E-state index in [1.807, 2.05) is 6.92 Å². The van der Waals surface area contributed by atoms with Gasteiger partial charge in [-0.05, 0) is 12.5 Å². The van der Waals surface area contributed by atoms with Gasteiger partial charge in [0, 0.05) is 25.3 Å². The van der Waals surface area contributed by atoms with E-state index >= 15 is 0 Å². The Morgan fingerprint density at radius 1 is 1.24 bits per heavy atom. The molecule has 0 aliphatic rings. The van der Waals surface area contributed by atoms with Gasteiger partial charge in [0.15, 0.2) is 11.5 Å². The largest absolute Gasteiger partial charge is 0.504 e. The van der Waals surface area contributed by atoms with E-state index in [9.17, 15) is 15.3 Å². The van der Waals surface area contributed by atoms with Crippen molar-refractivity contribution in [2.75, 3.05) is 13.7 Å². The summed E-state index contributed by atoms with van der Waals surface area (Å²) < 4.78 is 5.04. The number of rotatable bonds is 6. The molecule has 5 nitrogen and oxygen atoms in total. The van der Waals surface area contributed by atoms with Crippen molar-refractivity contribution in [1.29, 1.82) is 0 Å². The van der Waals surface area contributed by atoms with Gasteiger partial charge in [0.05, 0.1) is 6.61 Å². The van der Waals surface area contributed by atoms with E-state index in [0.29, 0.717) is 18.7 Å². The molecule has 96 valence electrons. The minimum atomic E-state index is -0.482. The summed E-state index contributed by atoms with van der Waals surface area (Å²) in [6, 6.07) is 3.11. The minimum Gasteiger partial charge on any atom is -0.504 e. The van der Waals surface area contributed by atoms with Gasteiger partial charge in [-0.1, -0.05) is 13.0 Å². The number of ether oxygens (including phenoxy) is 1. The van der Waals surface area contributed by atoms with Crippen LogP contribution in [0.5, 0.6) is 17.2 Å². The Labute approximate surface area is 101 Å². The second-order valence-electron chi connectivity index (χ2n) is 3.88. The number of phenols is 3. The summed E-state index contributed by atoms with van der Waals surface area (Å²) in [6.45, 7) is 3.02. The molecule has 0 bridgehead atoms. The highest BCUT2D eigenvalue weighted by Crippen LogP contribution is 2.36. The molecule has 0 radical (unpaired) electrons. The van der Waals surface area contributed by atoms with Gasteiger partial charge >= 0.3 is 0 Å². The average Bonchev–Trinajstić information content (AvgIpc) is 2.33. The van der Waals surface area contributed by atoms with Gasteiger partial charge in [-0.25, -0.2) is 0 Å². The van der Waals surface area contributed by atoms with Gasteiger partial charge in [-0.3, -0.25) is 0 Å². The van der Waals surface area contributed by atoms with Crippen molar-refractivity contribution in [2.45, 2.75) is 25.9 Å². The maximum atomic E-state index is 9.61. The molecule has 1 aromatic carbocycles. The Bertz CT molecular complexity index is 368. The molecule has 0 aliphatic carbocycles. The first-order valence-corrected chi connectivity index (χ1v) is 5.55. The SMILES string of the molecule is CCC(COC)NCc1ccc(O)c(O)c1O. The van der Waals surface area contributed by atoms with Crippen molar-refractivity contribution in [3.8, 4) is 17.2 Å². The fourth-order valence-corrected chi connectivity index (χ4v) is 1.53. The van der Waals surface area contributed by atoms with Crippen molar-refractivity contribution < 1.29 is 20.1 Å². The van der Waals surface area contributed by atoms with E-state index in [-0.39, 0.29) is 17.5 Å². The van der Waals surface area contributed by atoms with E-state index in [1.54, 1.807) is 13.2 Å². The van der Waals surface area contributed by atoms with E-state index in [1.165, 1.54) is 6.07 Å². The van der Waals surface area contributed by atoms with Crippen LogP contribution in [0.15, 0.2) is 12.1 Å². The van der Waals surface area contributed by atoms with E-state index < -0.39 is 5.75 Å². The molecule has 0 aliphatic heterocycles. The van der Waals surface area contributed by atoms with Gasteiger partial charge in [0.2, 0.25) is 5.75 Å². The Morgan fingerprint density at radius 2 is 1.94 bits per heavy atom. The summed E-state index contributed by atoms with van der Waals surface area (Å²) in [5, 5.41) is 31.4. The second kappa shape index (κ2) is 6.32. The smallest absolute Gasteiger partial charge is 0.200 e. The molecule has 1 unspecified atom stereocenters. The number of benzene rings is 1. The molecule has 0 saturated carbocycles. The van der Waals surface area contributed by atoms with Crippen LogP contribution in [-0.4, -0.2) is 35.1 Å². The van der Waals surface area contributed by atoms with Gasteiger partial charge in [-0.15, -0.1) is 0 Å². The zero-order chi connectivity index (χ0) is 12.8. The predicted octanol–water partition coefficient (Wildman–Crippen LogP) is 1.32. The topological polar surface area (TPSA) is 82.0 Å². The first-order chi connectivity index (χ1) is 8.10. The lowest BCUT2D eigenvalue weighted by atomic mass is 10.1. The molecule has 0 fully saturated rings. The number of aromatic hydroxyl groups is 3. The van der Waals surface area contributed by atoms with Crippen molar-refractivity contribution >= 4 is 0 Å². The Kier molecular flexibility index (Phi) is 5.06. The van der Waals surface area contributed by atoms with Crippen LogP contribution in [0.2, 0.25) is 0 Å². The van der Waals surface area contributed by atoms with Crippen LogP contribution in [0.4, 0.5) is 0 Å². The number of hydrogen-bond acceptors (Lipinski definition) is 5. The van der Waals surface area contributed by atoms with Crippen LogP contribution in [0.3, 0.4) is 0 Å². The normalized spacial score (nSPS) is 12.6. The molecule has 17 heavy (non-hydrogen) atoms. The molecule has 0 amide bonds. The predicted molar refractivity (Wildman–Crippen MR) is 64.2 cm³/mol. The second-order valence-corrected chi connectivity index (χ2v) is 3.88. The third-order valence-electron chi connectivity index (χ3n) is 2.66. The molecule has 4 N–H and O–H groups in total. The van der Waals surface area contributed by atoms with Gasteiger partial charge in [0.25, 0.3) is 0 Å². The van der Waals surface area contributed by atoms with Crippen LogP contribution in [0.1, 0.15) is 18.9 Å². The molecular weight excluding hydrogens is 222 g/mol. The summed E-state index contributed by atoms with van der Waals surface area (Å²) in [6.07, 6.45) is 0.901. The Morgan fingerprint density at radius 3 is 2.53 bits per heavy atom. The first kappa shape index (κ1) is 13.6. The van der Waals surface area contributed by atoms with Crippen LogP contribution in [0.25, 0.3) is 0 Å². The molecular formula is C12H19NO4. The minimum absolute atomic E-state index is 0.190. The third-order valence-corrected chi connectivity index (χ3v) is 2.66. The Hall–Kier alpha value is -1.46. The van der Waals surface area contributed by atoms with Crippen molar-refractivity contribution in [2.24, 2.45) is 0 Å². The summed E-state index contributed by atoms with van der Waals surface area (Å²) in [4.78, 5) is 0. The van der Waals surface area contributed by atoms with Crippen LogP contribution < -0.4 is 5.32 Å². The van der Waals surface area contributed by atoms with Gasteiger partial charge < -0.3 is 25.4 Å². The molecule has 5 heteroatoms. The average molecular weight is 241 g/mol. The lowest BCUT2D eigenvalue weighted by molar-refractivity contribution is 0.163. The summed E-state index contributed by atoms with van der Waals surface area (Å²) in [5.41, 5.74) is 0.537. The molecule has 1 atom stereocenters. The highest BCUT2D eigenvalue weighted by molar-refractivity contribution is 5.52. The molecule has 0 spiro atoms. The fourth-order valence-electron chi connectivity index (χ4n) is 1.53. The zero-order valence-corrected chi connectivity index (χ0v) is 10.1. The van der Waals surface area contributed by atoms with Crippen molar-refractivity contribution in [1.82, 2.24) is 5.32 Å². The van der Waals surface area contributed by atoms with Gasteiger partial charge in [-0.2, -0.15) is 0 Å². The van der Waals surface area contributed by atoms with Crippen LogP contribution in [-0.2, 0) is 11.3 Å². The Balaban J connectivity index is 2.66. The summed E-state index contributed by atoms with van der Waals surface area (Å²) >= 11 is 0. The summed E-state index contributed by atoms with van der Waals surface area (Å²) in [7, 11) is 1.63. The van der Waals surface area contributed by atoms with E-state index in [4.69, 9.17) is 4.74 Å². The number of nitrogens with one attached hydrogen (secondary N) is 1. The van der Waals surface area contributed by atoms with E-state index in [2.05, 4.69) is 5.32 Å². The zero-order valence-electron chi connectivity index (χ0n) is 10.1. The molecule has 1 aromatic rings. The van der Waals surface area contributed by atoms with Crippen molar-refractivity contribution in [3.63, 3.8) is 0 Å². The number of phenolic OH excluding ortho intramolecular Hbond substituents is 3. The quantitative estimate of drug-likeness (QED) is 0.565. The highest BCUT2D eigenvalue weighted by atomic mass is 16.5. The fraction of sp³-hybridized carbons (Fsp3) is 0.500. The third kappa shape index (κ3) is 3.51. The first-order valence-electron chi connectivity index (χ1n) is 5.55. The number of methoxy groups -OCH3 is 1. The number of hydrogen-bond donors (Lipinski definition) is 4. The lowest BCUT2D eigenvalue weighted by Crippen LogP contribution is -2.32. The van der Waals surface area contributed by atoms with Crippen LogP contribution >= 0.6 is 0 Å². The van der Waals surface area contributed by atoms with E-state index in [0.717, 1.165) is 6.42 Å². The maximum absolute atomic E-state index is 9.61. The lowest BCUT2D eigenvalue weighted by Gasteiger charge is -2.16. The monoisotopic (exact) mass is 241 g/mol. The molecule has 0 heterocycles. The standard InChI is InChI=1S/C12H19NO4/c1-3-9(7-17-2)13-6-8-4-5-10(14)12(16)11(8)15/h4-5,9,13-16H,3,6-7H2,1-2H3. The maximum Gasteiger partial charge on any atom is 0.200 e. The highest BCUT2D eigenvalue weighted by Gasteiger charge is 2.12. The van der Waals surface area contributed by atoms with Crippen LogP contribution in [0, 0.1) is 0 Å². The van der Waals surface area contributed by atoms with Gasteiger partial charge in [0.1, 0.15) is 0 Å². The molecule has 0 aromatic heterocycles. The molecule has 0 saturated heterocycles. The summed E-state index contributed by atoms with van der Waals surface area (Å²) in [5.74, 6) is -1.09. The van der Waals surface area contributed by atoms with Crippen molar-refractivity contribution in [3.05, 3.63) is 17.7 Å².